The Morgan fingerprint density at radius 2 is 1.74 bits per heavy atom. The Balaban J connectivity index is 3.38. The first-order valence-electron chi connectivity index (χ1n) is 7.29. The van der Waals surface area contributed by atoms with Crippen LogP contribution in [0, 0.1) is 0 Å². The smallest absolute Gasteiger partial charge is 0.407 e. The Labute approximate surface area is 118 Å². The molecule has 0 aromatic heterocycles. The minimum Gasteiger partial charge on any atom is -0.444 e. The Morgan fingerprint density at radius 3 is 2.26 bits per heavy atom. The Hall–Kier alpha value is -0.810. The van der Waals surface area contributed by atoms with Gasteiger partial charge in [0, 0.05) is 19.6 Å². The van der Waals surface area contributed by atoms with Crippen molar-refractivity contribution in [1.82, 2.24) is 15.5 Å². The molecule has 5 heteroatoms. The number of ether oxygens (including phenoxy) is 1. The highest BCUT2D eigenvalue weighted by Crippen LogP contribution is 2.06. The summed E-state index contributed by atoms with van der Waals surface area (Å²) < 4.78 is 5.15. The summed E-state index contributed by atoms with van der Waals surface area (Å²) in [5.74, 6) is 0. The third-order valence-corrected chi connectivity index (χ3v) is 2.70. The molecule has 0 atom stereocenters. The SMILES string of the molecule is CCN(CC)CCNCCCNC(=O)OC(C)(C)C. The monoisotopic (exact) mass is 273 g/mol. The molecule has 0 unspecified atom stereocenters. The number of hydrogen-bond acceptors (Lipinski definition) is 4. The van der Waals surface area contributed by atoms with E-state index in [2.05, 4.69) is 29.4 Å². The van der Waals surface area contributed by atoms with Crippen LogP contribution in [0.15, 0.2) is 0 Å². The third kappa shape index (κ3) is 12.0. The molecule has 0 aliphatic heterocycles. The molecule has 0 saturated heterocycles. The fraction of sp³-hybridized carbons (Fsp3) is 0.929. The highest BCUT2D eigenvalue weighted by atomic mass is 16.6. The van der Waals surface area contributed by atoms with Gasteiger partial charge in [0.05, 0.1) is 0 Å². The topological polar surface area (TPSA) is 53.6 Å². The van der Waals surface area contributed by atoms with Gasteiger partial charge in [0.2, 0.25) is 0 Å². The van der Waals surface area contributed by atoms with E-state index in [0.29, 0.717) is 6.54 Å². The molecule has 0 aromatic rings. The second-order valence-electron chi connectivity index (χ2n) is 5.56. The number of nitrogens with zero attached hydrogens (tertiary/aromatic N) is 1. The van der Waals surface area contributed by atoms with E-state index in [4.69, 9.17) is 4.74 Å². The average molecular weight is 273 g/mol. The van der Waals surface area contributed by atoms with Crippen molar-refractivity contribution in [2.45, 2.75) is 46.6 Å². The maximum atomic E-state index is 11.4. The number of alkyl carbamates (subject to hydrolysis) is 1. The van der Waals surface area contributed by atoms with Crippen molar-refractivity contribution < 1.29 is 9.53 Å². The zero-order valence-corrected chi connectivity index (χ0v) is 13.2. The summed E-state index contributed by atoms with van der Waals surface area (Å²) in [6, 6.07) is 0. The maximum Gasteiger partial charge on any atom is 0.407 e. The van der Waals surface area contributed by atoms with Gasteiger partial charge in [0.1, 0.15) is 5.60 Å². The normalized spacial score (nSPS) is 11.7. The molecular weight excluding hydrogens is 242 g/mol. The van der Waals surface area contributed by atoms with Crippen LogP contribution in [0.3, 0.4) is 0 Å². The first kappa shape index (κ1) is 18.2. The number of nitrogens with one attached hydrogen (secondary N) is 2. The van der Waals surface area contributed by atoms with Gasteiger partial charge < -0.3 is 20.3 Å². The number of hydrogen-bond donors (Lipinski definition) is 2. The lowest BCUT2D eigenvalue weighted by Gasteiger charge is -2.20. The van der Waals surface area contributed by atoms with Crippen molar-refractivity contribution in [1.29, 1.82) is 0 Å². The van der Waals surface area contributed by atoms with Gasteiger partial charge in [-0.25, -0.2) is 4.79 Å². The van der Waals surface area contributed by atoms with Gasteiger partial charge in [-0.05, 0) is 46.8 Å². The van der Waals surface area contributed by atoms with Crippen molar-refractivity contribution in [3.8, 4) is 0 Å². The highest BCUT2D eigenvalue weighted by molar-refractivity contribution is 5.67. The molecule has 0 saturated carbocycles. The van der Waals surface area contributed by atoms with Crippen molar-refractivity contribution in [2.75, 3.05) is 39.3 Å². The second-order valence-corrected chi connectivity index (χ2v) is 5.56. The molecule has 19 heavy (non-hydrogen) atoms. The summed E-state index contributed by atoms with van der Waals surface area (Å²) in [6.45, 7) is 15.8. The van der Waals surface area contributed by atoms with Gasteiger partial charge in [-0.15, -0.1) is 0 Å². The van der Waals surface area contributed by atoms with E-state index in [1.807, 2.05) is 20.8 Å². The third-order valence-electron chi connectivity index (χ3n) is 2.70. The number of likely N-dealkylation sites (N-methyl/N-ethyl adjacent to an activating group) is 1. The van der Waals surface area contributed by atoms with Crippen molar-refractivity contribution in [3.63, 3.8) is 0 Å². The van der Waals surface area contributed by atoms with Crippen LogP contribution in [0.4, 0.5) is 4.79 Å². The zero-order valence-electron chi connectivity index (χ0n) is 13.2. The molecule has 1 amide bonds. The lowest BCUT2D eigenvalue weighted by molar-refractivity contribution is 0.0527. The first-order chi connectivity index (χ1) is 8.89. The predicted molar refractivity (Wildman–Crippen MR) is 79.5 cm³/mol. The minimum absolute atomic E-state index is 0.337. The average Bonchev–Trinajstić information content (AvgIpc) is 2.30. The number of carbonyl (C=O) groups is 1. The van der Waals surface area contributed by atoms with Crippen LogP contribution in [0.5, 0.6) is 0 Å². The summed E-state index contributed by atoms with van der Waals surface area (Å²) in [7, 11) is 0. The summed E-state index contributed by atoms with van der Waals surface area (Å²) in [5.41, 5.74) is -0.425. The molecule has 2 N–H and O–H groups in total. The van der Waals surface area contributed by atoms with E-state index in [1.54, 1.807) is 0 Å². The van der Waals surface area contributed by atoms with Gasteiger partial charge in [0.25, 0.3) is 0 Å². The largest absolute Gasteiger partial charge is 0.444 e. The van der Waals surface area contributed by atoms with Crippen molar-refractivity contribution >= 4 is 6.09 Å². The van der Waals surface area contributed by atoms with Gasteiger partial charge in [0.15, 0.2) is 0 Å². The molecule has 0 aromatic carbocycles. The summed E-state index contributed by atoms with van der Waals surface area (Å²) in [6.07, 6.45) is 0.577. The molecule has 5 nitrogen and oxygen atoms in total. The van der Waals surface area contributed by atoms with Crippen molar-refractivity contribution in [2.24, 2.45) is 0 Å². The minimum atomic E-state index is -0.425. The van der Waals surface area contributed by atoms with Gasteiger partial charge in [-0.1, -0.05) is 13.8 Å². The quantitative estimate of drug-likeness (QED) is 0.629. The van der Waals surface area contributed by atoms with E-state index in [9.17, 15) is 4.79 Å². The molecule has 0 aliphatic rings. The molecular formula is C14H31N3O2. The van der Waals surface area contributed by atoms with E-state index >= 15 is 0 Å². The summed E-state index contributed by atoms with van der Waals surface area (Å²) >= 11 is 0. The molecule has 0 rings (SSSR count). The first-order valence-corrected chi connectivity index (χ1v) is 7.29. The summed E-state index contributed by atoms with van der Waals surface area (Å²) in [5, 5.41) is 6.12. The molecule has 0 bridgehead atoms. The predicted octanol–water partition coefficient (Wildman–Crippen LogP) is 1.83. The van der Waals surface area contributed by atoms with E-state index in [1.165, 1.54) is 0 Å². The molecule has 114 valence electrons. The Bertz CT molecular complexity index is 235. The number of amides is 1. The standard InChI is InChI=1S/C14H31N3O2/c1-6-17(7-2)12-11-15-9-8-10-16-13(18)19-14(3,4)5/h15H,6-12H2,1-5H3,(H,16,18). The molecule has 0 spiro atoms. The van der Waals surface area contributed by atoms with Gasteiger partial charge in [-0.3, -0.25) is 0 Å². The van der Waals surface area contributed by atoms with Crippen molar-refractivity contribution in [3.05, 3.63) is 0 Å². The molecule has 0 radical (unpaired) electrons. The van der Waals surface area contributed by atoms with E-state index in [0.717, 1.165) is 39.1 Å². The highest BCUT2D eigenvalue weighted by Gasteiger charge is 2.15. The van der Waals surface area contributed by atoms with Crippen LogP contribution in [0.25, 0.3) is 0 Å². The van der Waals surface area contributed by atoms with Gasteiger partial charge >= 0.3 is 6.09 Å². The van der Waals surface area contributed by atoms with Crippen LogP contribution < -0.4 is 10.6 Å². The number of carbonyl (C=O) groups excluding carboxylic acids is 1. The second kappa shape index (κ2) is 10.0. The lowest BCUT2D eigenvalue weighted by atomic mass is 10.2. The summed E-state index contributed by atoms with van der Waals surface area (Å²) in [4.78, 5) is 13.7. The Morgan fingerprint density at radius 1 is 1.11 bits per heavy atom. The zero-order chi connectivity index (χ0) is 14.7. The van der Waals surface area contributed by atoms with Gasteiger partial charge in [-0.2, -0.15) is 0 Å². The Kier molecular flexibility index (Phi) is 9.61. The van der Waals surface area contributed by atoms with Crippen LogP contribution >= 0.6 is 0 Å². The fourth-order valence-electron chi connectivity index (χ4n) is 1.62. The maximum absolute atomic E-state index is 11.4. The van der Waals surface area contributed by atoms with Crippen LogP contribution in [0.1, 0.15) is 41.0 Å². The van der Waals surface area contributed by atoms with E-state index < -0.39 is 5.60 Å². The van der Waals surface area contributed by atoms with Crippen LogP contribution in [-0.4, -0.2) is 55.9 Å². The lowest BCUT2D eigenvalue weighted by Crippen LogP contribution is -2.35. The molecule has 0 fully saturated rings. The number of rotatable bonds is 9. The van der Waals surface area contributed by atoms with Crippen LogP contribution in [0.2, 0.25) is 0 Å². The molecule has 0 heterocycles. The van der Waals surface area contributed by atoms with E-state index in [-0.39, 0.29) is 6.09 Å². The fourth-order valence-corrected chi connectivity index (χ4v) is 1.62. The van der Waals surface area contributed by atoms with Crippen LogP contribution in [-0.2, 0) is 4.74 Å². The molecule has 0 aliphatic carbocycles.